The molecule has 0 aliphatic heterocycles. The summed E-state index contributed by atoms with van der Waals surface area (Å²) in [5, 5.41) is 0.0752. The fourth-order valence-electron chi connectivity index (χ4n) is 1.26. The first-order chi connectivity index (χ1) is 7.22. The minimum Gasteiger partial charge on any atom is -0.308 e. The van der Waals surface area contributed by atoms with E-state index in [0.29, 0.717) is 11.4 Å². The Bertz CT molecular complexity index is 402. The van der Waals surface area contributed by atoms with Crippen LogP contribution in [0.2, 0.25) is 5.02 Å². The minimum atomic E-state index is -0.489. The van der Waals surface area contributed by atoms with Gasteiger partial charge in [-0.25, -0.2) is 10.2 Å². The molecule has 1 fully saturated rings. The Labute approximate surface area is 92.1 Å². The van der Waals surface area contributed by atoms with Crippen molar-refractivity contribution in [2.45, 2.75) is 18.9 Å². The molecule has 1 aliphatic carbocycles. The standard InChI is InChI=1S/C10H11ClFN3/c11-8-3-1-2-7(9(8)12)10(15-13)14-6-4-5-6/h1-3,6H,4-5,13H2,(H,14,15). The lowest BCUT2D eigenvalue weighted by Crippen LogP contribution is -2.32. The fraction of sp³-hybridized carbons (Fsp3) is 0.300. The first-order valence-corrected chi connectivity index (χ1v) is 5.09. The molecule has 5 heteroatoms. The van der Waals surface area contributed by atoms with Gasteiger partial charge >= 0.3 is 0 Å². The van der Waals surface area contributed by atoms with Crippen LogP contribution in [0.1, 0.15) is 18.4 Å². The zero-order valence-electron chi connectivity index (χ0n) is 8.00. The molecular weight excluding hydrogens is 217 g/mol. The second-order valence-electron chi connectivity index (χ2n) is 3.45. The molecule has 0 bridgehead atoms. The Hall–Kier alpha value is -1.13. The summed E-state index contributed by atoms with van der Waals surface area (Å²) < 4.78 is 13.6. The summed E-state index contributed by atoms with van der Waals surface area (Å²) in [5.41, 5.74) is 2.73. The predicted molar refractivity (Wildman–Crippen MR) is 58.3 cm³/mol. The lowest BCUT2D eigenvalue weighted by atomic mass is 10.2. The van der Waals surface area contributed by atoms with E-state index < -0.39 is 5.82 Å². The third-order valence-corrected chi connectivity index (χ3v) is 2.49. The summed E-state index contributed by atoms with van der Waals surface area (Å²) in [6.07, 6.45) is 2.07. The average molecular weight is 228 g/mol. The van der Waals surface area contributed by atoms with E-state index >= 15 is 0 Å². The number of nitrogens with one attached hydrogen (secondary N) is 1. The third kappa shape index (κ3) is 2.27. The van der Waals surface area contributed by atoms with Crippen molar-refractivity contribution in [2.24, 2.45) is 10.8 Å². The average Bonchev–Trinajstić information content (AvgIpc) is 3.03. The van der Waals surface area contributed by atoms with Crippen LogP contribution in [0.3, 0.4) is 0 Å². The molecule has 0 radical (unpaired) electrons. The van der Waals surface area contributed by atoms with Gasteiger partial charge in [0, 0.05) is 0 Å². The van der Waals surface area contributed by atoms with Crippen LogP contribution in [0.4, 0.5) is 4.39 Å². The van der Waals surface area contributed by atoms with Crippen LogP contribution in [-0.4, -0.2) is 11.9 Å². The molecule has 1 aromatic rings. The summed E-state index contributed by atoms with van der Waals surface area (Å²) in [6.45, 7) is 0. The maximum Gasteiger partial charge on any atom is 0.152 e. The highest BCUT2D eigenvalue weighted by atomic mass is 35.5. The van der Waals surface area contributed by atoms with E-state index in [4.69, 9.17) is 17.4 Å². The highest BCUT2D eigenvalue weighted by Gasteiger charge is 2.22. The van der Waals surface area contributed by atoms with Crippen LogP contribution < -0.4 is 11.3 Å². The Kier molecular flexibility index (Phi) is 2.88. The number of amidine groups is 1. The van der Waals surface area contributed by atoms with Crippen LogP contribution >= 0.6 is 11.6 Å². The highest BCUT2D eigenvalue weighted by molar-refractivity contribution is 6.31. The summed E-state index contributed by atoms with van der Waals surface area (Å²) in [7, 11) is 0. The van der Waals surface area contributed by atoms with Gasteiger partial charge < -0.3 is 5.43 Å². The van der Waals surface area contributed by atoms with E-state index in [1.54, 1.807) is 12.1 Å². The normalized spacial score (nSPS) is 16.6. The number of rotatable bonds is 2. The van der Waals surface area contributed by atoms with Gasteiger partial charge in [-0.05, 0) is 25.0 Å². The number of halogens is 2. The summed E-state index contributed by atoms with van der Waals surface area (Å²) >= 11 is 5.67. The second kappa shape index (κ2) is 4.16. The molecule has 0 atom stereocenters. The molecule has 2 rings (SSSR count). The van der Waals surface area contributed by atoms with Crippen molar-refractivity contribution >= 4 is 17.4 Å². The summed E-state index contributed by atoms with van der Waals surface area (Å²) in [5.74, 6) is 5.18. The predicted octanol–water partition coefficient (Wildman–Crippen LogP) is 1.85. The summed E-state index contributed by atoms with van der Waals surface area (Å²) in [4.78, 5) is 4.26. The zero-order valence-corrected chi connectivity index (χ0v) is 8.76. The van der Waals surface area contributed by atoms with E-state index in [2.05, 4.69) is 10.4 Å². The van der Waals surface area contributed by atoms with E-state index in [1.165, 1.54) is 6.07 Å². The molecule has 1 saturated carbocycles. The van der Waals surface area contributed by atoms with Crippen LogP contribution in [0.25, 0.3) is 0 Å². The number of hydrogen-bond donors (Lipinski definition) is 2. The largest absolute Gasteiger partial charge is 0.308 e. The molecule has 1 aliphatic rings. The molecule has 0 saturated heterocycles. The number of benzene rings is 1. The Balaban J connectivity index is 2.37. The Morgan fingerprint density at radius 1 is 1.53 bits per heavy atom. The van der Waals surface area contributed by atoms with Crippen molar-refractivity contribution < 1.29 is 4.39 Å². The SMILES string of the molecule is NNC(=NC1CC1)c1cccc(Cl)c1F. The first-order valence-electron chi connectivity index (χ1n) is 4.71. The molecule has 0 spiro atoms. The van der Waals surface area contributed by atoms with Crippen molar-refractivity contribution in [3.63, 3.8) is 0 Å². The maximum atomic E-state index is 13.6. The molecule has 0 heterocycles. The van der Waals surface area contributed by atoms with E-state index in [9.17, 15) is 4.39 Å². The van der Waals surface area contributed by atoms with Crippen LogP contribution in [0.15, 0.2) is 23.2 Å². The van der Waals surface area contributed by atoms with Crippen molar-refractivity contribution in [1.82, 2.24) is 5.43 Å². The van der Waals surface area contributed by atoms with Gasteiger partial charge in [0.15, 0.2) is 5.82 Å². The van der Waals surface area contributed by atoms with Gasteiger partial charge in [0.25, 0.3) is 0 Å². The topological polar surface area (TPSA) is 50.4 Å². The lowest BCUT2D eigenvalue weighted by molar-refractivity contribution is 0.624. The number of hydrazine groups is 1. The van der Waals surface area contributed by atoms with E-state index in [0.717, 1.165) is 12.8 Å². The molecule has 15 heavy (non-hydrogen) atoms. The molecule has 3 N–H and O–H groups in total. The lowest BCUT2D eigenvalue weighted by Gasteiger charge is -2.07. The van der Waals surface area contributed by atoms with Crippen LogP contribution in [-0.2, 0) is 0 Å². The van der Waals surface area contributed by atoms with Gasteiger partial charge in [-0.15, -0.1) is 0 Å². The molecule has 1 aromatic carbocycles. The van der Waals surface area contributed by atoms with Gasteiger partial charge in [0.05, 0.1) is 16.6 Å². The Morgan fingerprint density at radius 2 is 2.27 bits per heavy atom. The van der Waals surface area contributed by atoms with Crippen LogP contribution in [0.5, 0.6) is 0 Å². The number of hydrogen-bond acceptors (Lipinski definition) is 2. The van der Waals surface area contributed by atoms with Crippen molar-refractivity contribution in [2.75, 3.05) is 0 Å². The zero-order chi connectivity index (χ0) is 10.8. The quantitative estimate of drug-likeness (QED) is 0.351. The first kappa shape index (κ1) is 10.4. The molecule has 3 nitrogen and oxygen atoms in total. The van der Waals surface area contributed by atoms with Gasteiger partial charge in [0.1, 0.15) is 5.84 Å². The molecular formula is C10H11ClFN3. The molecule has 0 amide bonds. The molecule has 0 unspecified atom stereocenters. The van der Waals surface area contributed by atoms with Crippen molar-refractivity contribution in [3.8, 4) is 0 Å². The minimum absolute atomic E-state index is 0.0752. The molecule has 0 aromatic heterocycles. The smallest absolute Gasteiger partial charge is 0.152 e. The van der Waals surface area contributed by atoms with Crippen molar-refractivity contribution in [3.05, 3.63) is 34.6 Å². The number of nitrogens with two attached hydrogens (primary N) is 1. The number of nitrogens with zero attached hydrogens (tertiary/aromatic N) is 1. The van der Waals surface area contributed by atoms with E-state index in [-0.39, 0.29) is 11.1 Å². The van der Waals surface area contributed by atoms with Gasteiger partial charge in [-0.3, -0.25) is 4.99 Å². The van der Waals surface area contributed by atoms with Crippen molar-refractivity contribution in [1.29, 1.82) is 0 Å². The number of aliphatic imine (C=N–C) groups is 1. The monoisotopic (exact) mass is 227 g/mol. The van der Waals surface area contributed by atoms with E-state index in [1.807, 2.05) is 0 Å². The van der Waals surface area contributed by atoms with Crippen LogP contribution in [0, 0.1) is 5.82 Å². The second-order valence-corrected chi connectivity index (χ2v) is 3.86. The fourth-order valence-corrected chi connectivity index (χ4v) is 1.43. The third-order valence-electron chi connectivity index (χ3n) is 2.20. The highest BCUT2D eigenvalue weighted by Crippen LogP contribution is 2.25. The van der Waals surface area contributed by atoms with Gasteiger partial charge in [0.2, 0.25) is 0 Å². The van der Waals surface area contributed by atoms with Gasteiger partial charge in [-0.2, -0.15) is 0 Å². The molecule has 80 valence electrons. The maximum absolute atomic E-state index is 13.6. The van der Waals surface area contributed by atoms with Gasteiger partial charge in [-0.1, -0.05) is 17.7 Å². The summed E-state index contributed by atoms with van der Waals surface area (Å²) in [6, 6.07) is 5.03. The Morgan fingerprint density at radius 3 is 2.87 bits per heavy atom.